The summed E-state index contributed by atoms with van der Waals surface area (Å²) >= 11 is 1.56. The van der Waals surface area contributed by atoms with Crippen LogP contribution in [0.2, 0.25) is 0 Å². The van der Waals surface area contributed by atoms with Crippen molar-refractivity contribution in [3.8, 4) is 5.75 Å². The number of aliphatic hydroxyl groups excluding tert-OH is 1. The summed E-state index contributed by atoms with van der Waals surface area (Å²) < 4.78 is 5.29. The summed E-state index contributed by atoms with van der Waals surface area (Å²) in [5.74, 6) is 1.00. The number of nitrogens with zero attached hydrogens (tertiary/aromatic N) is 1. The lowest BCUT2D eigenvalue weighted by molar-refractivity contribution is -0.133. The van der Waals surface area contributed by atoms with Gasteiger partial charge in [0.25, 0.3) is 5.91 Å². The quantitative estimate of drug-likeness (QED) is 0.198. The molecule has 1 saturated carbocycles. The van der Waals surface area contributed by atoms with Gasteiger partial charge in [0, 0.05) is 47.3 Å². The Hall–Kier alpha value is -2.88. The molecule has 2 aliphatic rings. The number of benzene rings is 2. The lowest BCUT2D eigenvalue weighted by Gasteiger charge is -2.47. The van der Waals surface area contributed by atoms with E-state index in [-0.39, 0.29) is 29.9 Å². The number of rotatable bonds is 10. The van der Waals surface area contributed by atoms with Gasteiger partial charge in [0.05, 0.1) is 18.2 Å². The Bertz CT molecular complexity index is 1260. The lowest BCUT2D eigenvalue weighted by Crippen LogP contribution is -2.60. The van der Waals surface area contributed by atoms with Gasteiger partial charge in [-0.2, -0.15) is 0 Å². The number of carbonyl (C=O) groups is 3. The molecule has 1 aliphatic heterocycles. The maximum absolute atomic E-state index is 13.6. The number of amides is 2. The van der Waals surface area contributed by atoms with Crippen molar-refractivity contribution in [1.29, 1.82) is 0 Å². The van der Waals surface area contributed by atoms with Crippen LogP contribution in [-0.2, 0) is 9.59 Å². The molecule has 4 rings (SSSR count). The first kappa shape index (κ1) is 33.0. The van der Waals surface area contributed by atoms with Crippen LogP contribution in [0.1, 0.15) is 75.7 Å². The number of fused-ring (bicyclic) bond motifs is 1. The number of hydrogen-bond donors (Lipinski definition) is 3. The van der Waals surface area contributed by atoms with E-state index in [4.69, 9.17) is 4.74 Å². The summed E-state index contributed by atoms with van der Waals surface area (Å²) in [7, 11) is 0. The van der Waals surface area contributed by atoms with Gasteiger partial charge in [0.1, 0.15) is 5.75 Å². The molecule has 3 N–H and O–H groups in total. The topological polar surface area (TPSA) is 108 Å². The molecular formula is C34H47N3O5S. The van der Waals surface area contributed by atoms with Crippen molar-refractivity contribution in [2.24, 2.45) is 11.8 Å². The molecule has 0 radical (unpaired) electrons. The zero-order chi connectivity index (χ0) is 31.1. The average Bonchev–Trinajstić information content (AvgIpc) is 2.95. The number of hydrogen-bond acceptors (Lipinski definition) is 7. The van der Waals surface area contributed by atoms with Gasteiger partial charge in [0.15, 0.2) is 0 Å². The standard InChI is InChI=1S/C34H47N3O5S/c1-22-27(16-11-17-31(22)42-23(2)38)32(40)35-28(21-43-26-14-7-6-8-15-26)30(39)20-37-19-25-13-10-9-12-24(25)18-29(37)33(41)36-34(3,4)5/h6-8,11,14-17,24-25,28-30,39H,9-10,12-13,18-21H2,1-5H3,(H,35,40)(H,36,41)/t24?,25?,28-,29-,30?/m0/s1. The van der Waals surface area contributed by atoms with E-state index in [1.54, 1.807) is 36.9 Å². The number of piperidine rings is 1. The minimum atomic E-state index is -0.915. The van der Waals surface area contributed by atoms with Gasteiger partial charge in [-0.3, -0.25) is 19.3 Å². The van der Waals surface area contributed by atoms with E-state index in [0.717, 1.165) is 30.7 Å². The molecule has 3 unspecified atom stereocenters. The molecule has 2 aromatic rings. The summed E-state index contributed by atoms with van der Waals surface area (Å²) in [6.45, 7) is 10.1. The first-order chi connectivity index (χ1) is 20.4. The van der Waals surface area contributed by atoms with E-state index >= 15 is 0 Å². The minimum Gasteiger partial charge on any atom is -0.426 e. The van der Waals surface area contributed by atoms with Gasteiger partial charge in [0.2, 0.25) is 5.91 Å². The Morgan fingerprint density at radius 2 is 1.74 bits per heavy atom. The van der Waals surface area contributed by atoms with Crippen LogP contribution in [0.15, 0.2) is 53.4 Å². The molecule has 9 heteroatoms. The molecule has 0 spiro atoms. The third-order valence-corrected chi connectivity index (χ3v) is 9.59. The summed E-state index contributed by atoms with van der Waals surface area (Å²) in [5, 5.41) is 18.0. The fourth-order valence-electron chi connectivity index (χ4n) is 6.32. The van der Waals surface area contributed by atoms with Crippen molar-refractivity contribution < 1.29 is 24.2 Å². The fraction of sp³-hybridized carbons (Fsp3) is 0.559. The second-order valence-corrected chi connectivity index (χ2v) is 14.1. The fourth-order valence-corrected chi connectivity index (χ4v) is 7.35. The number of carbonyl (C=O) groups excluding carboxylic acids is 3. The summed E-state index contributed by atoms with van der Waals surface area (Å²) in [6, 6.07) is 14.0. The third kappa shape index (κ3) is 9.30. The second-order valence-electron chi connectivity index (χ2n) is 13.0. The maximum atomic E-state index is 13.6. The number of nitrogens with one attached hydrogen (secondary N) is 2. The molecule has 1 heterocycles. The molecule has 2 fully saturated rings. The van der Waals surface area contributed by atoms with E-state index in [1.807, 2.05) is 51.1 Å². The number of likely N-dealkylation sites (tertiary alicyclic amines) is 1. The van der Waals surface area contributed by atoms with E-state index in [1.165, 1.54) is 19.8 Å². The summed E-state index contributed by atoms with van der Waals surface area (Å²) in [6.07, 6.45) is 4.58. The molecule has 1 aliphatic carbocycles. The van der Waals surface area contributed by atoms with Crippen molar-refractivity contribution in [2.75, 3.05) is 18.8 Å². The summed E-state index contributed by atoms with van der Waals surface area (Å²) in [5.41, 5.74) is 0.579. The highest BCUT2D eigenvalue weighted by Crippen LogP contribution is 2.39. The van der Waals surface area contributed by atoms with Gasteiger partial charge in [-0.15, -0.1) is 11.8 Å². The van der Waals surface area contributed by atoms with Crippen LogP contribution in [0, 0.1) is 18.8 Å². The highest BCUT2D eigenvalue weighted by molar-refractivity contribution is 7.99. The van der Waals surface area contributed by atoms with Crippen LogP contribution in [-0.4, -0.2) is 70.4 Å². The van der Waals surface area contributed by atoms with E-state index in [2.05, 4.69) is 15.5 Å². The molecule has 234 valence electrons. The third-order valence-electron chi connectivity index (χ3n) is 8.46. The van der Waals surface area contributed by atoms with E-state index in [9.17, 15) is 19.5 Å². The van der Waals surface area contributed by atoms with Crippen LogP contribution in [0.3, 0.4) is 0 Å². The molecule has 0 bridgehead atoms. The smallest absolute Gasteiger partial charge is 0.308 e. The van der Waals surface area contributed by atoms with E-state index < -0.39 is 18.1 Å². The van der Waals surface area contributed by atoms with Crippen molar-refractivity contribution in [3.05, 3.63) is 59.7 Å². The number of esters is 1. The van der Waals surface area contributed by atoms with Crippen LogP contribution >= 0.6 is 11.8 Å². The van der Waals surface area contributed by atoms with Crippen LogP contribution in [0.5, 0.6) is 5.75 Å². The van der Waals surface area contributed by atoms with Crippen molar-refractivity contribution in [3.63, 3.8) is 0 Å². The van der Waals surface area contributed by atoms with Crippen LogP contribution in [0.25, 0.3) is 0 Å². The zero-order valence-electron chi connectivity index (χ0n) is 26.1. The Morgan fingerprint density at radius 1 is 1.05 bits per heavy atom. The maximum Gasteiger partial charge on any atom is 0.308 e. The van der Waals surface area contributed by atoms with Crippen molar-refractivity contribution in [2.45, 2.75) is 95.3 Å². The number of aliphatic hydroxyl groups is 1. The Morgan fingerprint density at radius 3 is 2.42 bits per heavy atom. The lowest BCUT2D eigenvalue weighted by atomic mass is 9.72. The first-order valence-electron chi connectivity index (χ1n) is 15.4. The molecule has 2 amide bonds. The molecule has 0 aromatic heterocycles. The van der Waals surface area contributed by atoms with E-state index in [0.29, 0.717) is 34.5 Å². The zero-order valence-corrected chi connectivity index (χ0v) is 26.9. The van der Waals surface area contributed by atoms with Gasteiger partial charge in [-0.1, -0.05) is 43.5 Å². The Kier molecular flexibility index (Phi) is 11.3. The molecule has 1 saturated heterocycles. The predicted octanol–water partition coefficient (Wildman–Crippen LogP) is 4.97. The van der Waals surface area contributed by atoms with Gasteiger partial charge in [-0.05, 0) is 76.6 Å². The molecule has 2 aromatic carbocycles. The summed E-state index contributed by atoms with van der Waals surface area (Å²) in [4.78, 5) is 41.9. The molecular weight excluding hydrogens is 562 g/mol. The minimum absolute atomic E-state index is 0.000815. The largest absolute Gasteiger partial charge is 0.426 e. The Balaban J connectivity index is 1.55. The normalized spacial score (nSPS) is 22.1. The Labute approximate surface area is 260 Å². The highest BCUT2D eigenvalue weighted by atomic mass is 32.2. The van der Waals surface area contributed by atoms with Gasteiger partial charge >= 0.3 is 5.97 Å². The van der Waals surface area contributed by atoms with Crippen LogP contribution < -0.4 is 15.4 Å². The average molecular weight is 610 g/mol. The first-order valence-corrected chi connectivity index (χ1v) is 16.4. The number of thioether (sulfide) groups is 1. The monoisotopic (exact) mass is 609 g/mol. The second kappa shape index (κ2) is 14.7. The molecule has 43 heavy (non-hydrogen) atoms. The highest BCUT2D eigenvalue weighted by Gasteiger charge is 2.41. The van der Waals surface area contributed by atoms with Crippen LogP contribution in [0.4, 0.5) is 0 Å². The number of β-amino-alcohol motifs (C(OH)–C–C–N with tert-alkyl or cyclic N) is 1. The SMILES string of the molecule is CC(=O)Oc1cccc(C(=O)N[C@@H](CSc2ccccc2)C(O)CN2CC3CCCCC3C[C@H]2C(=O)NC(C)(C)C)c1C. The molecule has 8 nitrogen and oxygen atoms in total. The van der Waals surface area contributed by atoms with Gasteiger partial charge in [-0.25, -0.2) is 0 Å². The predicted molar refractivity (Wildman–Crippen MR) is 170 cm³/mol. The van der Waals surface area contributed by atoms with Gasteiger partial charge < -0.3 is 20.5 Å². The number of ether oxygens (including phenoxy) is 1. The molecule has 5 atom stereocenters. The van der Waals surface area contributed by atoms with Crippen molar-refractivity contribution >= 4 is 29.5 Å². The van der Waals surface area contributed by atoms with Crippen molar-refractivity contribution in [1.82, 2.24) is 15.5 Å².